The Balaban J connectivity index is 1.57. The van der Waals surface area contributed by atoms with Gasteiger partial charge in [0.15, 0.2) is 17.0 Å². The van der Waals surface area contributed by atoms with E-state index in [1.165, 1.54) is 11.8 Å². The molecule has 10 heteroatoms. The normalized spacial score (nSPS) is 16.1. The summed E-state index contributed by atoms with van der Waals surface area (Å²) in [7, 11) is 0. The Labute approximate surface area is 191 Å². The van der Waals surface area contributed by atoms with Gasteiger partial charge in [-0.3, -0.25) is 15.2 Å². The van der Waals surface area contributed by atoms with Crippen LogP contribution in [0.5, 0.6) is 0 Å². The number of carbonyl (C=O) groups excluding carboxylic acids is 1. The smallest absolute Gasteiger partial charge is 0.224 e. The number of H-pyrrole nitrogens is 1. The number of nitrogens with one attached hydrogen (secondary N) is 4. The second kappa shape index (κ2) is 9.92. The van der Waals surface area contributed by atoms with Crippen LogP contribution in [-0.4, -0.2) is 51.7 Å². The van der Waals surface area contributed by atoms with Crippen LogP contribution in [0.2, 0.25) is 0 Å². The predicted octanol–water partition coefficient (Wildman–Crippen LogP) is 3.36. The van der Waals surface area contributed by atoms with Crippen molar-refractivity contribution in [2.75, 3.05) is 35.2 Å². The second-order valence-electron chi connectivity index (χ2n) is 7.58. The number of nitrogens with zero attached hydrogens (tertiary/aromatic N) is 4. The quantitative estimate of drug-likeness (QED) is 0.320. The molecule has 3 aromatic rings. The van der Waals surface area contributed by atoms with Crippen LogP contribution in [0.15, 0.2) is 46.5 Å². The Kier molecular flexibility index (Phi) is 6.81. The molecule has 0 radical (unpaired) electrons. The van der Waals surface area contributed by atoms with Crippen LogP contribution in [0, 0.1) is 13.8 Å². The number of aryl methyl sites for hydroxylation is 1. The van der Waals surface area contributed by atoms with Crippen molar-refractivity contribution in [3.8, 4) is 0 Å². The van der Waals surface area contributed by atoms with E-state index in [1.54, 1.807) is 0 Å². The van der Waals surface area contributed by atoms with Gasteiger partial charge < -0.3 is 15.5 Å². The van der Waals surface area contributed by atoms with E-state index in [2.05, 4.69) is 38.0 Å². The van der Waals surface area contributed by atoms with Crippen molar-refractivity contribution in [1.82, 2.24) is 25.5 Å². The third kappa shape index (κ3) is 5.71. The van der Waals surface area contributed by atoms with Gasteiger partial charge in [-0.15, -0.1) is 0 Å². The van der Waals surface area contributed by atoms with E-state index < -0.39 is 0 Å². The zero-order valence-electron chi connectivity index (χ0n) is 18.2. The van der Waals surface area contributed by atoms with Crippen molar-refractivity contribution in [2.24, 2.45) is 0 Å². The molecule has 1 aromatic carbocycles. The van der Waals surface area contributed by atoms with Crippen molar-refractivity contribution in [2.45, 2.75) is 36.4 Å². The molecule has 4 N–H and O–H groups in total. The molecule has 0 saturated carbocycles. The highest BCUT2D eigenvalue weighted by Gasteiger charge is 2.22. The summed E-state index contributed by atoms with van der Waals surface area (Å²) >= 11 is 1.47. The molecule has 1 unspecified atom stereocenters. The number of hydrogen-bond acceptors (Lipinski definition) is 8. The highest BCUT2D eigenvalue weighted by Crippen LogP contribution is 2.30. The number of piperazine rings is 1. The average molecular weight is 452 g/mol. The summed E-state index contributed by atoms with van der Waals surface area (Å²) in [5.74, 6) is 2.22. The maximum atomic E-state index is 11.6. The SMILES string of the molecule is [CH2+]C1CN(c2cc(Nc3cc(C)[nH]n3)nc(Sc3ccc(NC(=O)CC)cc3)n2)CCN1. The monoisotopic (exact) mass is 451 g/mol. The minimum absolute atomic E-state index is 0.00880. The minimum atomic E-state index is -0.00880. The molecule has 1 fully saturated rings. The third-order valence-corrected chi connectivity index (χ3v) is 5.78. The molecule has 2 aromatic heterocycles. The van der Waals surface area contributed by atoms with Crippen LogP contribution >= 0.6 is 11.8 Å². The first-order valence-corrected chi connectivity index (χ1v) is 11.4. The molecule has 0 bridgehead atoms. The van der Waals surface area contributed by atoms with Crippen molar-refractivity contribution >= 4 is 40.8 Å². The summed E-state index contributed by atoms with van der Waals surface area (Å²) in [6.45, 7) is 10.4. The number of rotatable bonds is 7. The first-order valence-electron chi connectivity index (χ1n) is 10.6. The molecular formula is C22H27N8OS+. The van der Waals surface area contributed by atoms with Gasteiger partial charge in [0, 0.05) is 47.9 Å². The van der Waals surface area contributed by atoms with Crippen LogP contribution in [0.4, 0.5) is 23.1 Å². The summed E-state index contributed by atoms with van der Waals surface area (Å²) in [6, 6.07) is 11.7. The molecule has 0 spiro atoms. The van der Waals surface area contributed by atoms with E-state index in [0.717, 1.165) is 41.7 Å². The number of anilines is 4. The number of benzene rings is 1. The number of aromatic nitrogens is 4. The van der Waals surface area contributed by atoms with Crippen LogP contribution in [-0.2, 0) is 4.79 Å². The molecule has 1 aliphatic heterocycles. The van der Waals surface area contributed by atoms with Crippen LogP contribution in [0.1, 0.15) is 19.0 Å². The molecule has 1 amide bonds. The lowest BCUT2D eigenvalue weighted by Crippen LogP contribution is -2.49. The Morgan fingerprint density at radius 1 is 1.25 bits per heavy atom. The van der Waals surface area contributed by atoms with Gasteiger partial charge in [0.2, 0.25) is 5.91 Å². The highest BCUT2D eigenvalue weighted by atomic mass is 32.2. The molecule has 3 heterocycles. The lowest BCUT2D eigenvalue weighted by molar-refractivity contribution is -0.115. The molecule has 1 saturated heterocycles. The van der Waals surface area contributed by atoms with Gasteiger partial charge >= 0.3 is 0 Å². The largest absolute Gasteiger partial charge is 0.349 e. The first kappa shape index (κ1) is 22.0. The van der Waals surface area contributed by atoms with E-state index in [-0.39, 0.29) is 11.9 Å². The van der Waals surface area contributed by atoms with Crippen molar-refractivity contribution in [3.05, 3.63) is 49.0 Å². The summed E-state index contributed by atoms with van der Waals surface area (Å²) in [5, 5.41) is 17.3. The molecule has 1 atom stereocenters. The first-order chi connectivity index (χ1) is 15.5. The lowest BCUT2D eigenvalue weighted by Gasteiger charge is -2.30. The molecule has 4 rings (SSSR count). The molecule has 32 heavy (non-hydrogen) atoms. The van der Waals surface area contributed by atoms with Gasteiger partial charge in [-0.05, 0) is 43.0 Å². The number of carbonyl (C=O) groups is 1. The van der Waals surface area contributed by atoms with Gasteiger partial charge in [0.1, 0.15) is 11.6 Å². The molecule has 166 valence electrons. The van der Waals surface area contributed by atoms with Gasteiger partial charge in [-0.2, -0.15) is 5.10 Å². The Bertz CT molecular complexity index is 1070. The highest BCUT2D eigenvalue weighted by molar-refractivity contribution is 7.99. The molecule has 9 nitrogen and oxygen atoms in total. The van der Waals surface area contributed by atoms with Crippen LogP contribution in [0.3, 0.4) is 0 Å². The number of hydrogen-bond donors (Lipinski definition) is 4. The Morgan fingerprint density at radius 3 is 2.75 bits per heavy atom. The summed E-state index contributed by atoms with van der Waals surface area (Å²) < 4.78 is 0. The van der Waals surface area contributed by atoms with Crippen molar-refractivity contribution in [1.29, 1.82) is 0 Å². The zero-order valence-corrected chi connectivity index (χ0v) is 19.0. The maximum Gasteiger partial charge on any atom is 0.224 e. The van der Waals surface area contributed by atoms with E-state index in [9.17, 15) is 4.79 Å². The van der Waals surface area contributed by atoms with E-state index in [1.807, 2.05) is 50.2 Å². The van der Waals surface area contributed by atoms with Gasteiger partial charge in [-0.1, -0.05) is 6.92 Å². The van der Waals surface area contributed by atoms with E-state index in [4.69, 9.17) is 9.97 Å². The predicted molar refractivity (Wildman–Crippen MR) is 127 cm³/mol. The molecule has 1 aliphatic rings. The average Bonchev–Trinajstić information content (AvgIpc) is 3.19. The fourth-order valence-electron chi connectivity index (χ4n) is 3.29. The molecular weight excluding hydrogens is 424 g/mol. The maximum absolute atomic E-state index is 11.6. The fourth-order valence-corrected chi connectivity index (χ4v) is 4.06. The summed E-state index contributed by atoms with van der Waals surface area (Å²) in [5.41, 5.74) is 1.74. The lowest BCUT2D eigenvalue weighted by atomic mass is 10.2. The van der Waals surface area contributed by atoms with Crippen LogP contribution in [0.25, 0.3) is 0 Å². The number of aromatic amines is 1. The Morgan fingerprint density at radius 2 is 2.06 bits per heavy atom. The van der Waals surface area contributed by atoms with E-state index in [0.29, 0.717) is 23.2 Å². The minimum Gasteiger partial charge on any atom is -0.349 e. The van der Waals surface area contributed by atoms with Crippen LogP contribution < -0.4 is 20.9 Å². The number of amides is 1. The van der Waals surface area contributed by atoms with Crippen molar-refractivity contribution < 1.29 is 4.79 Å². The van der Waals surface area contributed by atoms with Gasteiger partial charge in [-0.25, -0.2) is 9.97 Å². The fraction of sp³-hybridized carbons (Fsp3) is 0.318. The zero-order chi connectivity index (χ0) is 22.5. The summed E-state index contributed by atoms with van der Waals surface area (Å²) in [4.78, 5) is 24.3. The standard InChI is InChI=1S/C22H26N8OS/c1-4-21(31)24-16-5-7-17(8-6-16)32-22-26-18(25-19-11-14(2)28-29-19)12-20(27-22)30-10-9-23-15(3)13-30/h5-8,11-12,15,23H,3-4,9-10,13H2,1-2H3,(H2-,24,25,26,27,28,29,31)/p+1. The van der Waals surface area contributed by atoms with E-state index >= 15 is 0 Å². The van der Waals surface area contributed by atoms with Gasteiger partial charge in [0.25, 0.3) is 0 Å². The summed E-state index contributed by atoms with van der Waals surface area (Å²) in [6.07, 6.45) is 0.447. The van der Waals surface area contributed by atoms with Crippen molar-refractivity contribution in [3.63, 3.8) is 0 Å². The third-order valence-electron chi connectivity index (χ3n) is 4.90. The Hall–Kier alpha value is -3.24. The second-order valence-corrected chi connectivity index (χ2v) is 8.62. The molecule has 0 aliphatic carbocycles. The van der Waals surface area contributed by atoms with Gasteiger partial charge in [0.05, 0.1) is 13.5 Å². The topological polar surface area (TPSA) is 111 Å².